The summed E-state index contributed by atoms with van der Waals surface area (Å²) in [4.78, 5) is 22.3. The maximum absolute atomic E-state index is 11.5. The van der Waals surface area contributed by atoms with Gasteiger partial charge in [-0.15, -0.1) is 0 Å². The average molecular weight is 289 g/mol. The highest BCUT2D eigenvalue weighted by atomic mass is 32.2. The summed E-state index contributed by atoms with van der Waals surface area (Å²) in [6.07, 6.45) is 7.81. The third-order valence-corrected chi connectivity index (χ3v) is 3.84. The van der Waals surface area contributed by atoms with Crippen LogP contribution < -0.4 is 5.32 Å². The molecule has 0 saturated heterocycles. The van der Waals surface area contributed by atoms with Crippen molar-refractivity contribution in [3.8, 4) is 0 Å². The Morgan fingerprint density at radius 2 is 1.95 bits per heavy atom. The van der Waals surface area contributed by atoms with Crippen molar-refractivity contribution in [1.29, 1.82) is 0 Å². The fourth-order valence-electron chi connectivity index (χ4n) is 1.87. The fraction of sp³-hybridized carbons (Fsp3) is 0.857. The van der Waals surface area contributed by atoms with E-state index in [-0.39, 0.29) is 11.8 Å². The number of aliphatic carboxylic acids is 1. The van der Waals surface area contributed by atoms with Crippen LogP contribution >= 0.6 is 11.8 Å². The maximum atomic E-state index is 11.5. The molecule has 19 heavy (non-hydrogen) atoms. The molecule has 0 aromatic rings. The third kappa shape index (κ3) is 10.9. The van der Waals surface area contributed by atoms with Crippen LogP contribution in [0.2, 0.25) is 0 Å². The standard InChI is InChI=1S/C14H27NO3S/c1-3-12(14(17)18)8-4-6-10-15-13(16)9-5-7-11-19-2/h12H,3-11H2,1-2H3,(H,15,16)(H,17,18). The zero-order valence-electron chi connectivity index (χ0n) is 12.1. The minimum absolute atomic E-state index is 0.117. The Bertz CT molecular complexity index is 259. The molecule has 1 unspecified atom stereocenters. The molecule has 0 fully saturated rings. The van der Waals surface area contributed by atoms with E-state index in [9.17, 15) is 9.59 Å². The highest BCUT2D eigenvalue weighted by Crippen LogP contribution is 2.12. The molecular weight excluding hydrogens is 262 g/mol. The van der Waals surface area contributed by atoms with Crippen molar-refractivity contribution in [1.82, 2.24) is 5.32 Å². The van der Waals surface area contributed by atoms with Crippen LogP contribution in [0.15, 0.2) is 0 Å². The van der Waals surface area contributed by atoms with Crippen LogP contribution in [0.1, 0.15) is 51.9 Å². The molecule has 1 amide bonds. The van der Waals surface area contributed by atoms with Gasteiger partial charge in [0.15, 0.2) is 0 Å². The lowest BCUT2D eigenvalue weighted by Gasteiger charge is -2.09. The summed E-state index contributed by atoms with van der Waals surface area (Å²) < 4.78 is 0. The summed E-state index contributed by atoms with van der Waals surface area (Å²) in [5.74, 6) is 0.287. The Kier molecular flexibility index (Phi) is 11.9. The van der Waals surface area contributed by atoms with Gasteiger partial charge in [-0.3, -0.25) is 9.59 Å². The Morgan fingerprint density at radius 3 is 2.53 bits per heavy atom. The van der Waals surface area contributed by atoms with Crippen LogP contribution in [-0.4, -0.2) is 35.5 Å². The van der Waals surface area contributed by atoms with E-state index in [1.807, 2.05) is 6.92 Å². The van der Waals surface area contributed by atoms with Crippen molar-refractivity contribution in [3.05, 3.63) is 0 Å². The SMILES string of the molecule is CCC(CCCCNC(=O)CCCCSC)C(=O)O. The molecule has 0 bridgehead atoms. The van der Waals surface area contributed by atoms with Crippen molar-refractivity contribution in [2.45, 2.75) is 51.9 Å². The van der Waals surface area contributed by atoms with Crippen molar-refractivity contribution in [2.75, 3.05) is 18.6 Å². The van der Waals surface area contributed by atoms with Crippen LogP contribution in [0.4, 0.5) is 0 Å². The highest BCUT2D eigenvalue weighted by Gasteiger charge is 2.13. The zero-order valence-corrected chi connectivity index (χ0v) is 12.9. The molecule has 0 heterocycles. The number of nitrogens with one attached hydrogen (secondary N) is 1. The molecule has 0 aromatic heterocycles. The second-order valence-corrected chi connectivity index (χ2v) is 5.72. The number of carbonyl (C=O) groups excluding carboxylic acids is 1. The van der Waals surface area contributed by atoms with E-state index in [4.69, 9.17) is 5.11 Å². The van der Waals surface area contributed by atoms with Crippen LogP contribution in [0, 0.1) is 5.92 Å². The molecule has 0 radical (unpaired) electrons. The van der Waals surface area contributed by atoms with Crippen molar-refractivity contribution >= 4 is 23.6 Å². The average Bonchev–Trinajstić information content (AvgIpc) is 2.38. The summed E-state index contributed by atoms with van der Waals surface area (Å²) in [6, 6.07) is 0. The summed E-state index contributed by atoms with van der Waals surface area (Å²) >= 11 is 1.81. The second kappa shape index (κ2) is 12.3. The van der Waals surface area contributed by atoms with Gasteiger partial charge in [0.2, 0.25) is 5.91 Å². The van der Waals surface area contributed by atoms with E-state index in [1.54, 1.807) is 11.8 Å². The van der Waals surface area contributed by atoms with Crippen LogP contribution in [0.25, 0.3) is 0 Å². The van der Waals surface area contributed by atoms with E-state index in [2.05, 4.69) is 11.6 Å². The van der Waals surface area contributed by atoms with Gasteiger partial charge in [-0.05, 0) is 44.1 Å². The normalized spacial score (nSPS) is 12.1. The van der Waals surface area contributed by atoms with E-state index in [0.717, 1.165) is 31.4 Å². The first kappa shape index (κ1) is 18.3. The summed E-state index contributed by atoms with van der Waals surface area (Å²) in [5, 5.41) is 11.8. The Labute approximate surface area is 120 Å². The van der Waals surface area contributed by atoms with Crippen LogP contribution in [-0.2, 0) is 9.59 Å². The number of rotatable bonds is 12. The lowest BCUT2D eigenvalue weighted by Crippen LogP contribution is -2.24. The van der Waals surface area contributed by atoms with Gasteiger partial charge < -0.3 is 10.4 Å². The van der Waals surface area contributed by atoms with Crippen molar-refractivity contribution in [3.63, 3.8) is 0 Å². The van der Waals surface area contributed by atoms with Gasteiger partial charge in [0, 0.05) is 13.0 Å². The Hall–Kier alpha value is -0.710. The smallest absolute Gasteiger partial charge is 0.306 e. The molecule has 0 spiro atoms. The first-order chi connectivity index (χ1) is 9.11. The quantitative estimate of drug-likeness (QED) is 0.542. The number of carbonyl (C=O) groups is 2. The van der Waals surface area contributed by atoms with Gasteiger partial charge in [0.25, 0.3) is 0 Å². The topological polar surface area (TPSA) is 66.4 Å². The highest BCUT2D eigenvalue weighted by molar-refractivity contribution is 7.98. The molecular formula is C14H27NO3S. The maximum Gasteiger partial charge on any atom is 0.306 e. The molecule has 0 aliphatic carbocycles. The first-order valence-corrected chi connectivity index (χ1v) is 8.49. The van der Waals surface area contributed by atoms with E-state index < -0.39 is 5.97 Å². The number of thioether (sulfide) groups is 1. The molecule has 4 nitrogen and oxygen atoms in total. The molecule has 112 valence electrons. The van der Waals surface area contributed by atoms with E-state index >= 15 is 0 Å². The lowest BCUT2D eigenvalue weighted by atomic mass is 9.99. The largest absolute Gasteiger partial charge is 0.481 e. The van der Waals surface area contributed by atoms with Gasteiger partial charge in [0.05, 0.1) is 5.92 Å². The number of carboxylic acid groups (broad SMARTS) is 1. The lowest BCUT2D eigenvalue weighted by molar-refractivity contribution is -0.142. The number of unbranched alkanes of at least 4 members (excludes halogenated alkanes) is 2. The second-order valence-electron chi connectivity index (χ2n) is 4.74. The predicted octanol–water partition coefficient (Wildman–Crippen LogP) is 2.92. The molecule has 0 aliphatic rings. The first-order valence-electron chi connectivity index (χ1n) is 7.10. The minimum atomic E-state index is -0.708. The zero-order chi connectivity index (χ0) is 14.5. The van der Waals surface area contributed by atoms with Gasteiger partial charge >= 0.3 is 5.97 Å². The van der Waals surface area contributed by atoms with E-state index in [0.29, 0.717) is 25.8 Å². The van der Waals surface area contributed by atoms with Crippen molar-refractivity contribution < 1.29 is 14.7 Å². The van der Waals surface area contributed by atoms with Gasteiger partial charge in [-0.2, -0.15) is 11.8 Å². The van der Waals surface area contributed by atoms with Crippen LogP contribution in [0.3, 0.4) is 0 Å². The number of hydrogen-bond acceptors (Lipinski definition) is 3. The minimum Gasteiger partial charge on any atom is -0.481 e. The molecule has 1 atom stereocenters. The number of carboxylic acids is 1. The molecule has 0 aromatic carbocycles. The number of amides is 1. The van der Waals surface area contributed by atoms with Gasteiger partial charge in [-0.25, -0.2) is 0 Å². The fourth-order valence-corrected chi connectivity index (χ4v) is 2.36. The monoisotopic (exact) mass is 289 g/mol. The molecule has 0 saturated carbocycles. The van der Waals surface area contributed by atoms with Crippen molar-refractivity contribution in [2.24, 2.45) is 5.92 Å². The summed E-state index contributed by atoms with van der Waals surface area (Å²) in [5.41, 5.74) is 0. The third-order valence-electron chi connectivity index (χ3n) is 3.15. The molecule has 2 N–H and O–H groups in total. The van der Waals surface area contributed by atoms with Gasteiger partial charge in [0.1, 0.15) is 0 Å². The summed E-state index contributed by atoms with van der Waals surface area (Å²) in [7, 11) is 0. The molecule has 0 rings (SSSR count). The number of hydrogen-bond donors (Lipinski definition) is 2. The molecule has 5 heteroatoms. The van der Waals surface area contributed by atoms with E-state index in [1.165, 1.54) is 0 Å². The Balaban J connectivity index is 3.43. The molecule has 0 aliphatic heterocycles. The Morgan fingerprint density at radius 1 is 1.21 bits per heavy atom. The summed E-state index contributed by atoms with van der Waals surface area (Å²) in [6.45, 7) is 2.56. The predicted molar refractivity (Wildman–Crippen MR) is 80.5 cm³/mol. The van der Waals surface area contributed by atoms with Gasteiger partial charge in [-0.1, -0.05) is 13.3 Å². The van der Waals surface area contributed by atoms with Crippen LogP contribution in [0.5, 0.6) is 0 Å².